The van der Waals surface area contributed by atoms with Gasteiger partial charge in [0.2, 0.25) is 5.91 Å². The maximum Gasteiger partial charge on any atom is 0.294 e. The van der Waals surface area contributed by atoms with Gasteiger partial charge < -0.3 is 10.1 Å². The Kier molecular flexibility index (Phi) is 6.16. The first-order valence-electron chi connectivity index (χ1n) is 8.78. The highest BCUT2D eigenvalue weighted by Gasteiger charge is 2.36. The summed E-state index contributed by atoms with van der Waals surface area (Å²) in [5.74, 6) is -0.235. The molecule has 0 aliphatic carbocycles. The number of ether oxygens (including phenoxy) is 1. The average molecular weight is 396 g/mol. The van der Waals surface area contributed by atoms with E-state index in [9.17, 15) is 14.4 Å². The summed E-state index contributed by atoms with van der Waals surface area (Å²) in [6, 6.07) is 14.6. The molecule has 0 atom stereocenters. The third-order valence-corrected chi connectivity index (χ3v) is 5.14. The van der Waals surface area contributed by atoms with E-state index in [1.165, 1.54) is 5.56 Å². The minimum Gasteiger partial charge on any atom is -0.497 e. The van der Waals surface area contributed by atoms with Crippen molar-refractivity contribution in [1.29, 1.82) is 0 Å². The van der Waals surface area contributed by atoms with E-state index in [1.807, 2.05) is 24.3 Å². The topological polar surface area (TPSA) is 75.7 Å². The lowest BCUT2D eigenvalue weighted by molar-refractivity contribution is -0.127. The van der Waals surface area contributed by atoms with Crippen LogP contribution in [0.15, 0.2) is 53.4 Å². The fraction of sp³-hybridized carbons (Fsp3) is 0.190. The van der Waals surface area contributed by atoms with Gasteiger partial charge in [0.1, 0.15) is 12.3 Å². The van der Waals surface area contributed by atoms with Crippen LogP contribution >= 0.6 is 11.8 Å². The number of hydrogen-bond acceptors (Lipinski definition) is 5. The minimum absolute atomic E-state index is 0.312. The second-order valence-corrected chi connectivity index (χ2v) is 7.13. The normalized spacial score (nSPS) is 15.2. The predicted octanol–water partition coefficient (Wildman–Crippen LogP) is 3.93. The number of hydrogen-bond donors (Lipinski definition) is 1. The standard InChI is InChI=1S/C21H20N2O4S/c1-3-14-4-6-15(7-5-14)12-18-20(25)23(21(26)28-18)13-19(24)22-16-8-10-17(27-2)11-9-16/h4-12H,3,13H2,1-2H3,(H,22,24)/b18-12+. The molecule has 0 aromatic heterocycles. The molecule has 7 heteroatoms. The van der Waals surface area contributed by atoms with Crippen LogP contribution in [0.5, 0.6) is 5.75 Å². The molecule has 1 saturated heterocycles. The third kappa shape index (κ3) is 4.61. The van der Waals surface area contributed by atoms with E-state index < -0.39 is 17.1 Å². The highest BCUT2D eigenvalue weighted by atomic mass is 32.2. The molecule has 0 saturated carbocycles. The molecule has 0 unspecified atom stereocenters. The van der Waals surface area contributed by atoms with Crippen LogP contribution in [0.2, 0.25) is 0 Å². The van der Waals surface area contributed by atoms with Gasteiger partial charge in [-0.05, 0) is 59.7 Å². The zero-order chi connectivity index (χ0) is 20.1. The Balaban J connectivity index is 1.65. The van der Waals surface area contributed by atoms with Gasteiger partial charge in [-0.15, -0.1) is 0 Å². The van der Waals surface area contributed by atoms with Crippen molar-refractivity contribution in [2.45, 2.75) is 13.3 Å². The van der Waals surface area contributed by atoms with Gasteiger partial charge in [-0.3, -0.25) is 19.3 Å². The van der Waals surface area contributed by atoms with Crippen molar-refractivity contribution >= 4 is 40.6 Å². The molecule has 3 amide bonds. The number of amides is 3. The average Bonchev–Trinajstić information content (AvgIpc) is 2.96. The predicted molar refractivity (Wildman–Crippen MR) is 110 cm³/mol. The molecule has 1 fully saturated rings. The number of carbonyl (C=O) groups is 3. The van der Waals surface area contributed by atoms with Gasteiger partial charge in [0.05, 0.1) is 12.0 Å². The smallest absolute Gasteiger partial charge is 0.294 e. The van der Waals surface area contributed by atoms with Gasteiger partial charge in [0.25, 0.3) is 11.1 Å². The number of benzene rings is 2. The molecule has 28 heavy (non-hydrogen) atoms. The number of aryl methyl sites for hydroxylation is 1. The number of anilines is 1. The summed E-state index contributed by atoms with van der Waals surface area (Å²) in [6.45, 7) is 1.74. The Hall–Kier alpha value is -3.06. The van der Waals surface area contributed by atoms with E-state index >= 15 is 0 Å². The number of rotatable bonds is 6. The molecular weight excluding hydrogens is 376 g/mol. The van der Waals surface area contributed by atoms with Crippen molar-refractivity contribution in [2.24, 2.45) is 0 Å². The maximum absolute atomic E-state index is 12.5. The van der Waals surface area contributed by atoms with Gasteiger partial charge in [-0.1, -0.05) is 31.2 Å². The first-order chi connectivity index (χ1) is 13.5. The molecule has 1 aliphatic heterocycles. The summed E-state index contributed by atoms with van der Waals surface area (Å²) in [5, 5.41) is 2.22. The first-order valence-corrected chi connectivity index (χ1v) is 9.60. The van der Waals surface area contributed by atoms with Crippen LogP contribution < -0.4 is 10.1 Å². The molecule has 1 N–H and O–H groups in total. The van der Waals surface area contributed by atoms with Gasteiger partial charge in [-0.2, -0.15) is 0 Å². The summed E-state index contributed by atoms with van der Waals surface area (Å²) in [4.78, 5) is 38.2. The molecular formula is C21H20N2O4S. The van der Waals surface area contributed by atoms with E-state index in [0.717, 1.165) is 28.6 Å². The number of imide groups is 1. The Morgan fingerprint density at radius 2 is 1.79 bits per heavy atom. The molecule has 1 aliphatic rings. The van der Waals surface area contributed by atoms with Crippen LogP contribution in [-0.2, 0) is 16.0 Å². The molecule has 0 spiro atoms. The summed E-state index contributed by atoms with van der Waals surface area (Å²) < 4.78 is 5.06. The summed E-state index contributed by atoms with van der Waals surface area (Å²) >= 11 is 0.842. The third-order valence-electron chi connectivity index (χ3n) is 4.23. The molecule has 2 aromatic carbocycles. The molecule has 144 valence electrons. The summed E-state index contributed by atoms with van der Waals surface area (Å²) in [6.07, 6.45) is 2.60. The second-order valence-electron chi connectivity index (χ2n) is 6.14. The molecule has 2 aromatic rings. The van der Waals surface area contributed by atoms with Gasteiger partial charge in [0, 0.05) is 5.69 Å². The second kappa shape index (κ2) is 8.75. The fourth-order valence-corrected chi connectivity index (χ4v) is 3.49. The lowest BCUT2D eigenvalue weighted by Gasteiger charge is -2.12. The van der Waals surface area contributed by atoms with Gasteiger partial charge >= 0.3 is 0 Å². The van der Waals surface area contributed by atoms with Crippen LogP contribution in [0.25, 0.3) is 6.08 Å². The van der Waals surface area contributed by atoms with Crippen molar-refractivity contribution in [3.63, 3.8) is 0 Å². The zero-order valence-electron chi connectivity index (χ0n) is 15.6. The Labute approximate surface area is 167 Å². The monoisotopic (exact) mass is 396 g/mol. The number of methoxy groups -OCH3 is 1. The number of carbonyl (C=O) groups excluding carboxylic acids is 3. The Morgan fingerprint density at radius 1 is 1.11 bits per heavy atom. The van der Waals surface area contributed by atoms with Crippen LogP contribution in [0, 0.1) is 0 Å². The number of nitrogens with zero attached hydrogens (tertiary/aromatic N) is 1. The molecule has 3 rings (SSSR count). The van der Waals surface area contributed by atoms with E-state index in [-0.39, 0.29) is 6.54 Å². The largest absolute Gasteiger partial charge is 0.497 e. The van der Waals surface area contributed by atoms with Crippen LogP contribution in [0.4, 0.5) is 10.5 Å². The van der Waals surface area contributed by atoms with Gasteiger partial charge in [0.15, 0.2) is 0 Å². The Morgan fingerprint density at radius 3 is 2.39 bits per heavy atom. The number of nitrogens with one attached hydrogen (secondary N) is 1. The zero-order valence-corrected chi connectivity index (χ0v) is 16.4. The summed E-state index contributed by atoms with van der Waals surface area (Å²) in [5.41, 5.74) is 2.59. The molecule has 0 radical (unpaired) electrons. The van der Waals surface area contributed by atoms with Crippen molar-refractivity contribution in [2.75, 3.05) is 19.0 Å². The minimum atomic E-state index is -0.459. The van der Waals surface area contributed by atoms with Crippen molar-refractivity contribution in [1.82, 2.24) is 4.90 Å². The molecule has 1 heterocycles. The fourth-order valence-electron chi connectivity index (χ4n) is 2.66. The van der Waals surface area contributed by atoms with Crippen molar-refractivity contribution < 1.29 is 19.1 Å². The van der Waals surface area contributed by atoms with Crippen molar-refractivity contribution in [3.05, 3.63) is 64.6 Å². The Bertz CT molecular complexity index is 920. The van der Waals surface area contributed by atoms with E-state index in [0.29, 0.717) is 16.3 Å². The number of thioether (sulfide) groups is 1. The van der Waals surface area contributed by atoms with Crippen LogP contribution in [0.3, 0.4) is 0 Å². The lowest BCUT2D eigenvalue weighted by atomic mass is 10.1. The van der Waals surface area contributed by atoms with E-state index in [2.05, 4.69) is 12.2 Å². The van der Waals surface area contributed by atoms with Gasteiger partial charge in [-0.25, -0.2) is 0 Å². The summed E-state index contributed by atoms with van der Waals surface area (Å²) in [7, 11) is 1.55. The SMILES string of the molecule is CCc1ccc(/C=C2/SC(=O)N(CC(=O)Nc3ccc(OC)cc3)C2=O)cc1. The van der Waals surface area contributed by atoms with Crippen LogP contribution in [-0.4, -0.2) is 35.6 Å². The van der Waals surface area contributed by atoms with Crippen LogP contribution in [0.1, 0.15) is 18.1 Å². The highest BCUT2D eigenvalue weighted by Crippen LogP contribution is 2.32. The quantitative estimate of drug-likeness (QED) is 0.749. The highest BCUT2D eigenvalue weighted by molar-refractivity contribution is 8.18. The maximum atomic E-state index is 12.5. The molecule has 6 nitrogen and oxygen atoms in total. The first kappa shape index (κ1) is 19.7. The van der Waals surface area contributed by atoms with E-state index in [4.69, 9.17) is 4.74 Å². The van der Waals surface area contributed by atoms with Crippen molar-refractivity contribution in [3.8, 4) is 5.75 Å². The van der Waals surface area contributed by atoms with E-state index in [1.54, 1.807) is 37.5 Å². The lowest BCUT2D eigenvalue weighted by Crippen LogP contribution is -2.36. The molecule has 0 bridgehead atoms.